The number of esters is 1. The first-order valence-corrected chi connectivity index (χ1v) is 7.18. The molecule has 100 valence electrons. The van der Waals surface area contributed by atoms with E-state index in [2.05, 4.69) is 29.1 Å². The molecule has 19 heavy (non-hydrogen) atoms. The van der Waals surface area contributed by atoms with E-state index in [1.54, 1.807) is 18.2 Å². The second-order valence-corrected chi connectivity index (χ2v) is 5.66. The molecule has 0 bridgehead atoms. The topological polar surface area (TPSA) is 26.3 Å². The van der Waals surface area contributed by atoms with Gasteiger partial charge in [0.05, 0.1) is 5.56 Å². The molecule has 1 fully saturated rings. The molecule has 2 nitrogen and oxygen atoms in total. The number of carbonyl (C=O) groups is 1. The lowest BCUT2D eigenvalue weighted by Gasteiger charge is -2.25. The molecular formula is C16H17BrO2. The average molecular weight is 321 g/mol. The van der Waals surface area contributed by atoms with Crippen molar-refractivity contribution < 1.29 is 9.53 Å². The summed E-state index contributed by atoms with van der Waals surface area (Å²) in [6, 6.07) is 5.51. The molecule has 0 amide bonds. The second kappa shape index (κ2) is 5.74. The van der Waals surface area contributed by atoms with E-state index in [4.69, 9.17) is 4.74 Å². The Morgan fingerprint density at radius 1 is 1.32 bits per heavy atom. The van der Waals surface area contributed by atoms with Crippen LogP contribution in [0.5, 0.6) is 0 Å². The number of carbonyl (C=O) groups excluding carboxylic acids is 1. The molecule has 0 saturated heterocycles. The summed E-state index contributed by atoms with van der Waals surface area (Å²) in [7, 11) is 0. The first-order valence-electron chi connectivity index (χ1n) is 6.39. The molecule has 0 spiro atoms. The minimum atomic E-state index is -0.485. The number of halogens is 1. The van der Waals surface area contributed by atoms with Gasteiger partial charge in [-0.1, -0.05) is 25.3 Å². The van der Waals surface area contributed by atoms with Crippen molar-refractivity contribution in [3.8, 4) is 0 Å². The number of benzene rings is 1. The van der Waals surface area contributed by atoms with Crippen LogP contribution in [0.15, 0.2) is 41.9 Å². The maximum atomic E-state index is 12.3. The lowest BCUT2D eigenvalue weighted by atomic mass is 10.0. The molecule has 1 aromatic rings. The Balaban J connectivity index is 2.24. The highest BCUT2D eigenvalue weighted by atomic mass is 79.9. The van der Waals surface area contributed by atoms with Crippen molar-refractivity contribution in [1.29, 1.82) is 0 Å². The standard InChI is InChI=1S/C16H17BrO2/c1-3-12-7-8-14(17)13(11-12)15(18)19-16(4-2)9-5-6-10-16/h3-4,7-8,11H,1-2,5-6,9-10H2. The van der Waals surface area contributed by atoms with Gasteiger partial charge in [0, 0.05) is 4.47 Å². The maximum Gasteiger partial charge on any atom is 0.340 e. The molecule has 1 aliphatic carbocycles. The molecule has 0 atom stereocenters. The lowest BCUT2D eigenvalue weighted by Crippen LogP contribution is -2.29. The van der Waals surface area contributed by atoms with Crippen LogP contribution in [0, 0.1) is 0 Å². The van der Waals surface area contributed by atoms with E-state index in [-0.39, 0.29) is 5.97 Å². The summed E-state index contributed by atoms with van der Waals surface area (Å²) in [5, 5.41) is 0. The van der Waals surface area contributed by atoms with Crippen LogP contribution < -0.4 is 0 Å². The van der Waals surface area contributed by atoms with E-state index < -0.39 is 5.60 Å². The van der Waals surface area contributed by atoms with Crippen LogP contribution in [-0.2, 0) is 4.74 Å². The van der Waals surface area contributed by atoms with Gasteiger partial charge in [0.1, 0.15) is 5.60 Å². The minimum absolute atomic E-state index is 0.308. The third-order valence-electron chi connectivity index (χ3n) is 3.56. The summed E-state index contributed by atoms with van der Waals surface area (Å²) in [6.07, 6.45) is 7.35. The van der Waals surface area contributed by atoms with E-state index >= 15 is 0 Å². The third kappa shape index (κ3) is 2.98. The lowest BCUT2D eigenvalue weighted by molar-refractivity contribution is 0.00660. The van der Waals surface area contributed by atoms with Gasteiger partial charge in [0.2, 0.25) is 0 Å². The van der Waals surface area contributed by atoms with Gasteiger partial charge in [-0.25, -0.2) is 4.79 Å². The van der Waals surface area contributed by atoms with Crippen LogP contribution in [0.4, 0.5) is 0 Å². The van der Waals surface area contributed by atoms with Gasteiger partial charge in [-0.05, 0) is 65.4 Å². The fourth-order valence-electron chi connectivity index (χ4n) is 2.39. The summed E-state index contributed by atoms with van der Waals surface area (Å²) < 4.78 is 6.43. The molecule has 1 aliphatic rings. The van der Waals surface area contributed by atoms with Crippen LogP contribution in [0.3, 0.4) is 0 Å². The smallest absolute Gasteiger partial charge is 0.340 e. The number of ether oxygens (including phenoxy) is 1. The van der Waals surface area contributed by atoms with Gasteiger partial charge in [0.15, 0.2) is 0 Å². The number of rotatable bonds is 4. The Kier molecular flexibility index (Phi) is 4.25. The van der Waals surface area contributed by atoms with E-state index in [0.717, 1.165) is 35.7 Å². The summed E-state index contributed by atoms with van der Waals surface area (Å²) in [6.45, 7) is 7.52. The van der Waals surface area contributed by atoms with Gasteiger partial charge in [-0.3, -0.25) is 0 Å². The van der Waals surface area contributed by atoms with Gasteiger partial charge >= 0.3 is 5.97 Å². The van der Waals surface area contributed by atoms with Crippen LogP contribution >= 0.6 is 15.9 Å². The van der Waals surface area contributed by atoms with Crippen molar-refractivity contribution in [3.63, 3.8) is 0 Å². The van der Waals surface area contributed by atoms with Crippen LogP contribution in [0.25, 0.3) is 6.08 Å². The van der Waals surface area contributed by atoms with E-state index in [0.29, 0.717) is 5.56 Å². The van der Waals surface area contributed by atoms with Crippen LogP contribution in [0.2, 0.25) is 0 Å². The summed E-state index contributed by atoms with van der Waals surface area (Å²) in [5.41, 5.74) is 0.945. The van der Waals surface area contributed by atoms with Gasteiger partial charge < -0.3 is 4.74 Å². The highest BCUT2D eigenvalue weighted by molar-refractivity contribution is 9.10. The summed E-state index contributed by atoms with van der Waals surface area (Å²) in [5.74, 6) is -0.308. The molecule has 0 N–H and O–H groups in total. The molecule has 0 unspecified atom stereocenters. The largest absolute Gasteiger partial charge is 0.451 e. The molecule has 1 saturated carbocycles. The van der Waals surface area contributed by atoms with Gasteiger partial charge in [-0.2, -0.15) is 0 Å². The molecular weight excluding hydrogens is 304 g/mol. The van der Waals surface area contributed by atoms with Gasteiger partial charge in [0.25, 0.3) is 0 Å². The normalized spacial score (nSPS) is 16.9. The molecule has 0 heterocycles. The van der Waals surface area contributed by atoms with E-state index in [9.17, 15) is 4.79 Å². The van der Waals surface area contributed by atoms with Crippen molar-refractivity contribution in [2.75, 3.05) is 0 Å². The fraction of sp³-hybridized carbons (Fsp3) is 0.312. The monoisotopic (exact) mass is 320 g/mol. The van der Waals surface area contributed by atoms with E-state index in [1.807, 2.05) is 12.1 Å². The molecule has 1 aromatic carbocycles. The fourth-order valence-corrected chi connectivity index (χ4v) is 2.80. The van der Waals surface area contributed by atoms with Crippen molar-refractivity contribution in [2.24, 2.45) is 0 Å². The van der Waals surface area contributed by atoms with Gasteiger partial charge in [-0.15, -0.1) is 0 Å². The minimum Gasteiger partial charge on any atom is -0.451 e. The molecule has 0 aromatic heterocycles. The zero-order chi connectivity index (χ0) is 13.9. The zero-order valence-electron chi connectivity index (χ0n) is 10.8. The van der Waals surface area contributed by atoms with Crippen LogP contribution in [-0.4, -0.2) is 11.6 Å². The zero-order valence-corrected chi connectivity index (χ0v) is 12.4. The average Bonchev–Trinajstić information content (AvgIpc) is 2.88. The first kappa shape index (κ1) is 14.1. The molecule has 3 heteroatoms. The SMILES string of the molecule is C=Cc1ccc(Br)c(C(=O)OC2(C=C)CCCC2)c1. The maximum absolute atomic E-state index is 12.3. The Labute approximate surface area is 122 Å². The Hall–Kier alpha value is -1.35. The van der Waals surface area contributed by atoms with Crippen LogP contribution in [0.1, 0.15) is 41.6 Å². The van der Waals surface area contributed by atoms with Crippen molar-refractivity contribution >= 4 is 28.0 Å². The summed E-state index contributed by atoms with van der Waals surface area (Å²) >= 11 is 3.39. The van der Waals surface area contributed by atoms with Crippen molar-refractivity contribution in [3.05, 3.63) is 53.0 Å². The first-order chi connectivity index (χ1) is 9.10. The number of hydrogen-bond donors (Lipinski definition) is 0. The molecule has 0 aliphatic heterocycles. The predicted molar refractivity (Wildman–Crippen MR) is 81.0 cm³/mol. The summed E-state index contributed by atoms with van der Waals surface area (Å²) in [4.78, 5) is 12.3. The van der Waals surface area contributed by atoms with Crippen molar-refractivity contribution in [1.82, 2.24) is 0 Å². The predicted octanol–water partition coefficient (Wildman–Crippen LogP) is 4.75. The second-order valence-electron chi connectivity index (χ2n) is 4.81. The van der Waals surface area contributed by atoms with E-state index in [1.165, 1.54) is 0 Å². The molecule has 0 radical (unpaired) electrons. The molecule has 2 rings (SSSR count). The third-order valence-corrected chi connectivity index (χ3v) is 4.26. The quantitative estimate of drug-likeness (QED) is 0.591. The number of hydrogen-bond acceptors (Lipinski definition) is 2. The highest BCUT2D eigenvalue weighted by Crippen LogP contribution is 2.35. The highest BCUT2D eigenvalue weighted by Gasteiger charge is 2.35. The Morgan fingerprint density at radius 3 is 2.58 bits per heavy atom. The Morgan fingerprint density at radius 2 is 2.00 bits per heavy atom. The Bertz CT molecular complexity index is 513. The van der Waals surface area contributed by atoms with Crippen molar-refractivity contribution in [2.45, 2.75) is 31.3 Å².